The van der Waals surface area contributed by atoms with Crippen molar-refractivity contribution in [1.29, 1.82) is 0 Å². The Kier molecular flexibility index (Phi) is 6.78. The van der Waals surface area contributed by atoms with Gasteiger partial charge in [0.25, 0.3) is 5.91 Å². The van der Waals surface area contributed by atoms with Crippen molar-refractivity contribution in [2.75, 3.05) is 0 Å². The Morgan fingerprint density at radius 1 is 1.06 bits per heavy atom. The average Bonchev–Trinajstić information content (AvgIpc) is 3.28. The smallest absolute Gasteiger partial charge is 0.255 e. The zero-order valence-corrected chi connectivity index (χ0v) is 18.5. The average molecular weight is 445 g/mol. The maximum absolute atomic E-state index is 13.3. The molecule has 4 aromatic rings. The van der Waals surface area contributed by atoms with Crippen molar-refractivity contribution >= 4 is 5.91 Å². The SMILES string of the molecule is CC(C)c1c(C(=O)NCc2ccnc(OCc3ccccc3)c2)cnn1-c1ccc(F)cc1. The van der Waals surface area contributed by atoms with Gasteiger partial charge >= 0.3 is 0 Å². The molecule has 2 aromatic heterocycles. The van der Waals surface area contributed by atoms with E-state index in [-0.39, 0.29) is 17.6 Å². The molecule has 0 saturated heterocycles. The molecule has 2 heterocycles. The van der Waals surface area contributed by atoms with Crippen molar-refractivity contribution in [3.63, 3.8) is 0 Å². The Morgan fingerprint density at radius 3 is 2.55 bits per heavy atom. The van der Waals surface area contributed by atoms with Gasteiger partial charge < -0.3 is 10.1 Å². The first-order valence-electron chi connectivity index (χ1n) is 10.7. The lowest BCUT2D eigenvalue weighted by Gasteiger charge is -2.13. The van der Waals surface area contributed by atoms with Gasteiger partial charge in [-0.15, -0.1) is 0 Å². The van der Waals surface area contributed by atoms with Crippen LogP contribution in [0, 0.1) is 5.82 Å². The highest BCUT2D eigenvalue weighted by molar-refractivity contribution is 5.95. The third-order valence-corrected chi connectivity index (χ3v) is 5.15. The Labute approximate surface area is 192 Å². The molecule has 1 amide bonds. The zero-order valence-electron chi connectivity index (χ0n) is 18.5. The van der Waals surface area contributed by atoms with Crippen molar-refractivity contribution in [3.8, 4) is 11.6 Å². The van der Waals surface area contributed by atoms with Gasteiger partial charge in [0, 0.05) is 18.8 Å². The first-order chi connectivity index (χ1) is 16.0. The van der Waals surface area contributed by atoms with Crippen LogP contribution in [0.15, 0.2) is 79.1 Å². The monoisotopic (exact) mass is 444 g/mol. The van der Waals surface area contributed by atoms with E-state index < -0.39 is 0 Å². The lowest BCUT2D eigenvalue weighted by atomic mass is 10.0. The Bertz CT molecular complexity index is 1220. The minimum Gasteiger partial charge on any atom is -0.473 e. The van der Waals surface area contributed by atoms with Gasteiger partial charge in [-0.25, -0.2) is 14.1 Å². The van der Waals surface area contributed by atoms with E-state index in [1.807, 2.05) is 56.3 Å². The fourth-order valence-corrected chi connectivity index (χ4v) is 3.52. The van der Waals surface area contributed by atoms with Gasteiger partial charge in [-0.3, -0.25) is 4.79 Å². The molecule has 0 fully saturated rings. The fourth-order valence-electron chi connectivity index (χ4n) is 3.52. The molecule has 7 heteroatoms. The minimum atomic E-state index is -0.320. The highest BCUT2D eigenvalue weighted by Crippen LogP contribution is 2.23. The van der Waals surface area contributed by atoms with Gasteiger partial charge in [0.15, 0.2) is 0 Å². The highest BCUT2D eigenvalue weighted by atomic mass is 19.1. The second-order valence-corrected chi connectivity index (χ2v) is 7.95. The van der Waals surface area contributed by atoms with Crippen molar-refractivity contribution in [2.24, 2.45) is 0 Å². The summed E-state index contributed by atoms with van der Waals surface area (Å²) in [6.45, 7) is 4.73. The minimum absolute atomic E-state index is 0.0391. The van der Waals surface area contributed by atoms with Gasteiger partial charge in [-0.1, -0.05) is 44.2 Å². The maximum atomic E-state index is 13.3. The van der Waals surface area contributed by atoms with Crippen LogP contribution in [0.3, 0.4) is 0 Å². The number of halogens is 1. The first kappa shape index (κ1) is 22.2. The van der Waals surface area contributed by atoms with Crippen molar-refractivity contribution in [2.45, 2.75) is 32.9 Å². The number of hydrogen-bond donors (Lipinski definition) is 1. The van der Waals surface area contributed by atoms with Gasteiger partial charge in [-0.05, 0) is 47.4 Å². The number of rotatable bonds is 8. The van der Waals surface area contributed by atoms with Crippen LogP contribution >= 0.6 is 0 Å². The van der Waals surface area contributed by atoms with E-state index >= 15 is 0 Å². The largest absolute Gasteiger partial charge is 0.473 e. The van der Waals surface area contributed by atoms with Crippen molar-refractivity contribution in [3.05, 3.63) is 107 Å². The summed E-state index contributed by atoms with van der Waals surface area (Å²) >= 11 is 0. The number of hydrogen-bond acceptors (Lipinski definition) is 4. The summed E-state index contributed by atoms with van der Waals surface area (Å²) in [5.41, 5.74) is 3.88. The second kappa shape index (κ2) is 10.1. The molecule has 0 spiro atoms. The van der Waals surface area contributed by atoms with Crippen LogP contribution in [-0.2, 0) is 13.2 Å². The molecule has 4 rings (SSSR count). The summed E-state index contributed by atoms with van der Waals surface area (Å²) in [7, 11) is 0. The Morgan fingerprint density at radius 2 is 1.82 bits per heavy atom. The van der Waals surface area contributed by atoms with Crippen LogP contribution in [0.2, 0.25) is 0 Å². The number of ether oxygens (including phenoxy) is 1. The molecule has 0 bridgehead atoms. The van der Waals surface area contributed by atoms with Crippen LogP contribution in [0.5, 0.6) is 5.88 Å². The molecule has 0 unspecified atom stereocenters. The van der Waals surface area contributed by atoms with Crippen LogP contribution < -0.4 is 10.1 Å². The first-order valence-corrected chi connectivity index (χ1v) is 10.7. The number of carbonyl (C=O) groups is 1. The number of benzene rings is 2. The van der Waals surface area contributed by atoms with E-state index in [0.717, 1.165) is 16.8 Å². The molecule has 0 atom stereocenters. The summed E-state index contributed by atoms with van der Waals surface area (Å²) in [6.07, 6.45) is 3.21. The molecule has 33 heavy (non-hydrogen) atoms. The van der Waals surface area contributed by atoms with E-state index in [1.54, 1.807) is 29.2 Å². The van der Waals surface area contributed by atoms with Crippen LogP contribution in [-0.4, -0.2) is 20.7 Å². The standard InChI is InChI=1S/C26H25FN4O2/c1-18(2)25-23(16-30-31(25)22-10-8-21(27)9-11-22)26(32)29-15-20-12-13-28-24(14-20)33-17-19-6-4-3-5-7-19/h3-14,16,18H,15,17H2,1-2H3,(H,29,32). The molecule has 0 aliphatic rings. The van der Waals surface area contributed by atoms with Gasteiger partial charge in [-0.2, -0.15) is 5.10 Å². The highest BCUT2D eigenvalue weighted by Gasteiger charge is 2.21. The Balaban J connectivity index is 1.44. The van der Waals surface area contributed by atoms with Gasteiger partial charge in [0.2, 0.25) is 5.88 Å². The van der Waals surface area contributed by atoms with E-state index in [9.17, 15) is 9.18 Å². The van der Waals surface area contributed by atoms with Crippen LogP contribution in [0.4, 0.5) is 4.39 Å². The predicted octanol–water partition coefficient (Wildman–Crippen LogP) is 5.04. The predicted molar refractivity (Wildman–Crippen MR) is 124 cm³/mol. The molecule has 0 aliphatic carbocycles. The lowest BCUT2D eigenvalue weighted by molar-refractivity contribution is 0.0949. The number of nitrogens with zero attached hydrogens (tertiary/aromatic N) is 3. The number of pyridine rings is 1. The fraction of sp³-hybridized carbons (Fsp3) is 0.192. The van der Waals surface area contributed by atoms with Crippen LogP contribution in [0.25, 0.3) is 5.69 Å². The molecule has 6 nitrogen and oxygen atoms in total. The number of carbonyl (C=O) groups excluding carboxylic acids is 1. The molecular formula is C26H25FN4O2. The van der Waals surface area contributed by atoms with Crippen molar-refractivity contribution < 1.29 is 13.9 Å². The molecule has 0 saturated carbocycles. The topological polar surface area (TPSA) is 69.0 Å². The zero-order chi connectivity index (χ0) is 23.2. The lowest BCUT2D eigenvalue weighted by Crippen LogP contribution is -2.24. The third-order valence-electron chi connectivity index (χ3n) is 5.15. The van der Waals surface area contributed by atoms with Crippen molar-refractivity contribution in [1.82, 2.24) is 20.1 Å². The molecule has 2 aromatic carbocycles. The maximum Gasteiger partial charge on any atom is 0.255 e. The molecule has 0 aliphatic heterocycles. The van der Waals surface area contributed by atoms with E-state index in [0.29, 0.717) is 30.3 Å². The van der Waals surface area contributed by atoms with Gasteiger partial charge in [0.1, 0.15) is 12.4 Å². The molecular weight excluding hydrogens is 419 g/mol. The summed E-state index contributed by atoms with van der Waals surface area (Å²) in [5, 5.41) is 7.33. The van der Waals surface area contributed by atoms with Gasteiger partial charge in [0.05, 0.1) is 23.1 Å². The van der Waals surface area contributed by atoms with E-state index in [4.69, 9.17) is 4.74 Å². The normalized spacial score (nSPS) is 10.9. The number of nitrogens with one attached hydrogen (secondary N) is 1. The van der Waals surface area contributed by atoms with Crippen LogP contribution in [0.1, 0.15) is 46.9 Å². The second-order valence-electron chi connectivity index (χ2n) is 7.95. The van der Waals surface area contributed by atoms with E-state index in [1.165, 1.54) is 12.1 Å². The molecule has 0 radical (unpaired) electrons. The molecule has 1 N–H and O–H groups in total. The summed E-state index contributed by atoms with van der Waals surface area (Å²) < 4.78 is 20.8. The Hall–Kier alpha value is -4.00. The summed E-state index contributed by atoms with van der Waals surface area (Å²) in [5.74, 6) is -0.00937. The third kappa shape index (κ3) is 5.44. The molecule has 168 valence electrons. The number of amides is 1. The summed E-state index contributed by atoms with van der Waals surface area (Å²) in [6, 6.07) is 19.5. The number of aromatic nitrogens is 3. The van der Waals surface area contributed by atoms with E-state index in [2.05, 4.69) is 15.4 Å². The summed E-state index contributed by atoms with van der Waals surface area (Å²) in [4.78, 5) is 17.2. The quantitative estimate of drug-likeness (QED) is 0.413.